The second kappa shape index (κ2) is 7.47. The number of hydrogen-bond acceptors (Lipinski definition) is 3. The highest BCUT2D eigenvalue weighted by atomic mass is 35.5. The Bertz CT molecular complexity index is 1170. The standard InChI is InChI=1S/C22H18Cl2N2O2/c1-13-18(12-27)20(16-8-7-15(23)9-19(16)24)17-11-26(22(28)21(17)25-13)10-14-5-3-2-4-6-14/h2-9,11,27-28H,10,12H2,1H3. The van der Waals surface area contributed by atoms with Gasteiger partial charge in [-0.3, -0.25) is 0 Å². The largest absolute Gasteiger partial charge is 0.493 e. The quantitative estimate of drug-likeness (QED) is 0.460. The summed E-state index contributed by atoms with van der Waals surface area (Å²) in [7, 11) is 0. The van der Waals surface area contributed by atoms with E-state index in [9.17, 15) is 10.2 Å². The molecule has 0 saturated heterocycles. The van der Waals surface area contributed by atoms with Crippen molar-refractivity contribution in [2.45, 2.75) is 20.1 Å². The number of aliphatic hydroxyl groups is 1. The van der Waals surface area contributed by atoms with Gasteiger partial charge in [-0.1, -0.05) is 59.6 Å². The number of aromatic hydroxyl groups is 1. The molecule has 4 nitrogen and oxygen atoms in total. The lowest BCUT2D eigenvalue weighted by atomic mass is 9.96. The predicted octanol–water partition coefficient (Wildman–Crippen LogP) is 5.56. The lowest BCUT2D eigenvalue weighted by Crippen LogP contribution is -1.98. The van der Waals surface area contributed by atoms with Crippen molar-refractivity contribution in [3.8, 4) is 17.0 Å². The molecule has 0 atom stereocenters. The summed E-state index contributed by atoms with van der Waals surface area (Å²) < 4.78 is 1.75. The van der Waals surface area contributed by atoms with Crippen LogP contribution < -0.4 is 0 Å². The van der Waals surface area contributed by atoms with Gasteiger partial charge in [0.05, 0.1) is 13.2 Å². The predicted molar refractivity (Wildman–Crippen MR) is 113 cm³/mol. The summed E-state index contributed by atoms with van der Waals surface area (Å²) in [6.45, 7) is 2.13. The van der Waals surface area contributed by atoms with Crippen LogP contribution in [0.3, 0.4) is 0 Å². The summed E-state index contributed by atoms with van der Waals surface area (Å²) in [5.41, 5.74) is 4.35. The average Bonchev–Trinajstić information content (AvgIpc) is 2.97. The van der Waals surface area contributed by atoms with Gasteiger partial charge in [0.15, 0.2) is 0 Å². The Kier molecular flexibility index (Phi) is 5.02. The topological polar surface area (TPSA) is 58.3 Å². The average molecular weight is 413 g/mol. The van der Waals surface area contributed by atoms with Gasteiger partial charge in [-0.2, -0.15) is 0 Å². The molecule has 28 heavy (non-hydrogen) atoms. The third-order valence-electron chi connectivity index (χ3n) is 4.87. The number of rotatable bonds is 4. The van der Waals surface area contributed by atoms with Gasteiger partial charge in [-0.25, -0.2) is 4.98 Å². The van der Waals surface area contributed by atoms with Crippen molar-refractivity contribution >= 4 is 34.1 Å². The van der Waals surface area contributed by atoms with Crippen LogP contribution >= 0.6 is 23.2 Å². The minimum absolute atomic E-state index is 0.0813. The highest BCUT2D eigenvalue weighted by Gasteiger charge is 2.21. The normalized spacial score (nSPS) is 11.3. The number of fused-ring (bicyclic) bond motifs is 1. The van der Waals surface area contributed by atoms with Crippen molar-refractivity contribution < 1.29 is 10.2 Å². The Morgan fingerprint density at radius 3 is 2.50 bits per heavy atom. The molecule has 2 heterocycles. The van der Waals surface area contributed by atoms with E-state index in [1.165, 1.54) is 0 Å². The van der Waals surface area contributed by atoms with Crippen LogP contribution in [0.2, 0.25) is 10.0 Å². The van der Waals surface area contributed by atoms with E-state index in [2.05, 4.69) is 4.98 Å². The summed E-state index contributed by atoms with van der Waals surface area (Å²) in [4.78, 5) is 4.54. The molecule has 0 aliphatic rings. The zero-order chi connectivity index (χ0) is 19.8. The van der Waals surface area contributed by atoms with Crippen LogP contribution in [0.25, 0.3) is 22.0 Å². The Morgan fingerprint density at radius 2 is 1.82 bits per heavy atom. The SMILES string of the molecule is Cc1nc2c(O)n(Cc3ccccc3)cc2c(-c2ccc(Cl)cc2Cl)c1CO. The fourth-order valence-electron chi connectivity index (χ4n) is 3.50. The molecule has 2 N–H and O–H groups in total. The molecule has 2 aromatic heterocycles. The number of aromatic nitrogens is 2. The highest BCUT2D eigenvalue weighted by Crippen LogP contribution is 2.41. The number of pyridine rings is 1. The van der Waals surface area contributed by atoms with Crippen LogP contribution in [0.15, 0.2) is 54.7 Å². The van der Waals surface area contributed by atoms with Crippen LogP contribution in [0, 0.1) is 6.92 Å². The summed E-state index contributed by atoms with van der Waals surface area (Å²) >= 11 is 12.5. The number of halogens is 2. The first-order valence-corrected chi connectivity index (χ1v) is 9.56. The van der Waals surface area contributed by atoms with Gasteiger partial charge in [0.1, 0.15) is 5.52 Å². The minimum Gasteiger partial charge on any atom is -0.493 e. The lowest BCUT2D eigenvalue weighted by molar-refractivity contribution is 0.281. The number of aliphatic hydroxyl groups excluding tert-OH is 1. The second-order valence-corrected chi connectivity index (χ2v) is 7.51. The molecule has 142 valence electrons. The maximum Gasteiger partial charge on any atom is 0.218 e. The van der Waals surface area contributed by atoms with Gasteiger partial charge in [-0.15, -0.1) is 0 Å². The van der Waals surface area contributed by atoms with E-state index in [4.69, 9.17) is 23.2 Å². The van der Waals surface area contributed by atoms with Gasteiger partial charge in [-0.05, 0) is 24.6 Å². The highest BCUT2D eigenvalue weighted by molar-refractivity contribution is 6.36. The van der Waals surface area contributed by atoms with Gasteiger partial charge in [0.25, 0.3) is 0 Å². The van der Waals surface area contributed by atoms with E-state index in [0.717, 1.165) is 22.1 Å². The first-order chi connectivity index (χ1) is 13.5. The third-order valence-corrected chi connectivity index (χ3v) is 5.41. The molecule has 4 rings (SSSR count). The monoisotopic (exact) mass is 412 g/mol. The van der Waals surface area contributed by atoms with Crippen molar-refractivity contribution in [3.63, 3.8) is 0 Å². The molecular weight excluding hydrogens is 395 g/mol. The van der Waals surface area contributed by atoms with Crippen molar-refractivity contribution in [3.05, 3.63) is 81.6 Å². The summed E-state index contributed by atoms with van der Waals surface area (Å²) in [6, 6.07) is 15.1. The Hall–Kier alpha value is -2.53. The van der Waals surface area contributed by atoms with Crippen LogP contribution in [0.4, 0.5) is 0 Å². The van der Waals surface area contributed by atoms with Crippen LogP contribution in [-0.4, -0.2) is 19.8 Å². The minimum atomic E-state index is -0.187. The fraction of sp³-hybridized carbons (Fsp3) is 0.136. The molecule has 0 bridgehead atoms. The molecule has 0 aliphatic carbocycles. The Morgan fingerprint density at radius 1 is 1.07 bits per heavy atom. The molecule has 6 heteroatoms. The van der Waals surface area contributed by atoms with Gasteiger partial charge < -0.3 is 14.8 Å². The molecule has 2 aromatic carbocycles. The van der Waals surface area contributed by atoms with Crippen LogP contribution in [-0.2, 0) is 13.2 Å². The van der Waals surface area contributed by atoms with Crippen molar-refractivity contribution in [1.29, 1.82) is 0 Å². The van der Waals surface area contributed by atoms with Crippen molar-refractivity contribution in [2.75, 3.05) is 0 Å². The number of benzene rings is 2. The molecule has 0 aliphatic heterocycles. The van der Waals surface area contributed by atoms with E-state index in [1.807, 2.05) is 49.5 Å². The maximum absolute atomic E-state index is 10.8. The maximum atomic E-state index is 10.8. The summed E-state index contributed by atoms with van der Waals surface area (Å²) in [6.07, 6.45) is 1.85. The molecule has 0 amide bonds. The fourth-order valence-corrected chi connectivity index (χ4v) is 4.00. The number of aryl methyl sites for hydroxylation is 1. The second-order valence-electron chi connectivity index (χ2n) is 6.66. The van der Waals surface area contributed by atoms with E-state index < -0.39 is 0 Å². The van der Waals surface area contributed by atoms with Crippen LogP contribution in [0.1, 0.15) is 16.8 Å². The molecule has 0 spiro atoms. The zero-order valence-electron chi connectivity index (χ0n) is 15.2. The first-order valence-electron chi connectivity index (χ1n) is 8.81. The molecule has 0 radical (unpaired) electrons. The van der Waals surface area contributed by atoms with Gasteiger partial charge in [0.2, 0.25) is 5.88 Å². The van der Waals surface area contributed by atoms with E-state index in [1.54, 1.807) is 16.7 Å². The van der Waals surface area contributed by atoms with E-state index in [-0.39, 0.29) is 12.5 Å². The molecule has 0 saturated carbocycles. The molecule has 4 aromatic rings. The number of nitrogens with zero attached hydrogens (tertiary/aromatic N) is 2. The lowest BCUT2D eigenvalue weighted by Gasteiger charge is -2.13. The van der Waals surface area contributed by atoms with Gasteiger partial charge >= 0.3 is 0 Å². The van der Waals surface area contributed by atoms with E-state index in [0.29, 0.717) is 33.4 Å². The molecule has 0 fully saturated rings. The Balaban J connectivity index is 1.98. The smallest absolute Gasteiger partial charge is 0.218 e. The van der Waals surface area contributed by atoms with Crippen molar-refractivity contribution in [1.82, 2.24) is 9.55 Å². The molecular formula is C22H18Cl2N2O2. The van der Waals surface area contributed by atoms with E-state index >= 15 is 0 Å². The molecule has 0 unspecified atom stereocenters. The first kappa shape index (κ1) is 18.8. The third kappa shape index (κ3) is 3.24. The zero-order valence-corrected chi connectivity index (χ0v) is 16.7. The Labute approximate surface area is 172 Å². The number of hydrogen-bond donors (Lipinski definition) is 2. The van der Waals surface area contributed by atoms with Crippen LogP contribution in [0.5, 0.6) is 5.88 Å². The van der Waals surface area contributed by atoms with Gasteiger partial charge in [0, 0.05) is 44.0 Å². The summed E-state index contributed by atoms with van der Waals surface area (Å²) in [5, 5.41) is 22.5. The summed E-state index contributed by atoms with van der Waals surface area (Å²) in [5.74, 6) is 0.0813. The van der Waals surface area contributed by atoms with Crippen molar-refractivity contribution in [2.24, 2.45) is 0 Å².